The Morgan fingerprint density at radius 2 is 1.65 bits per heavy atom. The third kappa shape index (κ3) is 2.91. The highest BCUT2D eigenvalue weighted by Crippen LogP contribution is 2.35. The van der Waals surface area contributed by atoms with Crippen LogP contribution in [0.4, 0.5) is 0 Å². The summed E-state index contributed by atoms with van der Waals surface area (Å²) < 4.78 is 0. The number of benzene rings is 1. The number of rotatable bonds is 1. The third-order valence-electron chi connectivity index (χ3n) is 4.15. The molecule has 0 heterocycles. The van der Waals surface area contributed by atoms with E-state index in [9.17, 15) is 0 Å². The summed E-state index contributed by atoms with van der Waals surface area (Å²) in [6, 6.07) is 7.16. The summed E-state index contributed by atoms with van der Waals surface area (Å²) in [5.41, 5.74) is 4.83. The first-order valence-corrected chi connectivity index (χ1v) is 7.09. The molecule has 0 unspecified atom stereocenters. The molecule has 0 amide bonds. The van der Waals surface area contributed by atoms with Crippen LogP contribution >= 0.6 is 0 Å². The van der Waals surface area contributed by atoms with Gasteiger partial charge in [-0.05, 0) is 47.8 Å². The monoisotopic (exact) mass is 230 g/mol. The van der Waals surface area contributed by atoms with E-state index in [-0.39, 0.29) is 5.41 Å². The zero-order chi connectivity index (χ0) is 12.5. The van der Waals surface area contributed by atoms with Gasteiger partial charge in [-0.15, -0.1) is 0 Å². The topological polar surface area (TPSA) is 0 Å². The molecule has 0 N–H and O–H groups in total. The maximum Gasteiger partial charge on any atom is -0.0129 e. The quantitative estimate of drug-likeness (QED) is 0.611. The summed E-state index contributed by atoms with van der Waals surface area (Å²) in [6.07, 6.45) is 7.07. The minimum Gasteiger partial charge on any atom is -0.0587 e. The molecule has 1 aliphatic carbocycles. The van der Waals surface area contributed by atoms with Crippen LogP contribution in [0.5, 0.6) is 0 Å². The number of hydrogen-bond donors (Lipinski definition) is 0. The lowest BCUT2D eigenvalue weighted by molar-refractivity contribution is 0.442. The van der Waals surface area contributed by atoms with E-state index in [2.05, 4.69) is 45.9 Å². The van der Waals surface area contributed by atoms with Crippen molar-refractivity contribution >= 4 is 0 Å². The van der Waals surface area contributed by atoms with E-state index in [1.807, 2.05) is 0 Å². The Bertz CT molecular complexity index is 376. The largest absolute Gasteiger partial charge is 0.0587 e. The van der Waals surface area contributed by atoms with Crippen molar-refractivity contribution in [2.75, 3.05) is 0 Å². The van der Waals surface area contributed by atoms with Crippen LogP contribution in [0.1, 0.15) is 75.5 Å². The molecule has 1 aliphatic rings. The van der Waals surface area contributed by atoms with E-state index in [0.717, 1.165) is 5.92 Å². The van der Waals surface area contributed by atoms with Gasteiger partial charge >= 0.3 is 0 Å². The molecule has 0 radical (unpaired) electrons. The lowest BCUT2D eigenvalue weighted by Crippen LogP contribution is -2.14. The first-order valence-electron chi connectivity index (χ1n) is 7.09. The molecule has 0 aliphatic heterocycles. The Morgan fingerprint density at radius 1 is 1.00 bits per heavy atom. The van der Waals surface area contributed by atoms with Gasteiger partial charge in [-0.25, -0.2) is 0 Å². The fourth-order valence-corrected chi connectivity index (χ4v) is 3.14. The van der Waals surface area contributed by atoms with Crippen LogP contribution in [0, 0.1) is 6.92 Å². The fourth-order valence-electron chi connectivity index (χ4n) is 3.14. The molecule has 2 rings (SSSR count). The molecule has 0 bridgehead atoms. The normalized spacial score (nSPS) is 18.4. The van der Waals surface area contributed by atoms with Crippen molar-refractivity contribution in [2.45, 2.75) is 71.1 Å². The van der Waals surface area contributed by atoms with Crippen LogP contribution in [0.3, 0.4) is 0 Å². The molecular formula is C17H26. The molecule has 1 aromatic rings. The molecule has 0 nitrogen and oxygen atoms in total. The van der Waals surface area contributed by atoms with Gasteiger partial charge in [0.05, 0.1) is 0 Å². The molecule has 0 saturated heterocycles. The highest BCUT2D eigenvalue weighted by molar-refractivity contribution is 5.37. The van der Waals surface area contributed by atoms with Crippen molar-refractivity contribution in [3.8, 4) is 0 Å². The van der Waals surface area contributed by atoms with Crippen molar-refractivity contribution in [1.82, 2.24) is 0 Å². The Kier molecular flexibility index (Phi) is 3.61. The van der Waals surface area contributed by atoms with Crippen LogP contribution in [-0.4, -0.2) is 0 Å². The van der Waals surface area contributed by atoms with Crippen molar-refractivity contribution in [3.63, 3.8) is 0 Å². The molecule has 17 heavy (non-hydrogen) atoms. The zero-order valence-electron chi connectivity index (χ0n) is 11.8. The van der Waals surface area contributed by atoms with E-state index >= 15 is 0 Å². The van der Waals surface area contributed by atoms with Crippen LogP contribution in [0.2, 0.25) is 0 Å². The zero-order valence-corrected chi connectivity index (χ0v) is 11.8. The second kappa shape index (κ2) is 4.84. The van der Waals surface area contributed by atoms with Gasteiger partial charge in [-0.3, -0.25) is 0 Å². The van der Waals surface area contributed by atoms with Gasteiger partial charge in [0.15, 0.2) is 0 Å². The number of hydrogen-bond acceptors (Lipinski definition) is 0. The lowest BCUT2D eigenvalue weighted by Gasteiger charge is -2.26. The molecular weight excluding hydrogens is 204 g/mol. The molecule has 1 aromatic carbocycles. The fraction of sp³-hybridized carbons (Fsp3) is 0.647. The Hall–Kier alpha value is -0.780. The maximum atomic E-state index is 2.48. The first kappa shape index (κ1) is 12.7. The van der Waals surface area contributed by atoms with E-state index in [0.29, 0.717) is 0 Å². The summed E-state index contributed by atoms with van der Waals surface area (Å²) in [6.45, 7) is 9.20. The van der Waals surface area contributed by atoms with Gasteiger partial charge in [0.25, 0.3) is 0 Å². The Morgan fingerprint density at radius 3 is 2.24 bits per heavy atom. The predicted molar refractivity (Wildman–Crippen MR) is 75.7 cm³/mol. The maximum absolute atomic E-state index is 2.48. The van der Waals surface area contributed by atoms with Crippen molar-refractivity contribution < 1.29 is 0 Å². The minimum absolute atomic E-state index is 0.273. The Labute approximate surface area is 106 Å². The predicted octanol–water partition coefficient (Wildman–Crippen LogP) is 5.34. The van der Waals surface area contributed by atoms with E-state index in [1.165, 1.54) is 43.2 Å². The van der Waals surface area contributed by atoms with Gasteiger partial charge in [-0.2, -0.15) is 0 Å². The van der Waals surface area contributed by atoms with E-state index < -0.39 is 0 Å². The first-order chi connectivity index (χ1) is 7.98. The highest BCUT2D eigenvalue weighted by Gasteiger charge is 2.20. The van der Waals surface area contributed by atoms with Gasteiger partial charge in [0.2, 0.25) is 0 Å². The van der Waals surface area contributed by atoms with Crippen LogP contribution in [0.25, 0.3) is 0 Å². The highest BCUT2D eigenvalue weighted by atomic mass is 14.2. The average molecular weight is 230 g/mol. The average Bonchev–Trinajstić information content (AvgIpc) is 2.29. The molecule has 0 heteroatoms. The molecule has 0 aromatic heterocycles. The summed E-state index contributed by atoms with van der Waals surface area (Å²) in [4.78, 5) is 0. The molecule has 94 valence electrons. The third-order valence-corrected chi connectivity index (χ3v) is 4.15. The van der Waals surface area contributed by atoms with Gasteiger partial charge in [0, 0.05) is 0 Å². The minimum atomic E-state index is 0.273. The summed E-state index contributed by atoms with van der Waals surface area (Å²) >= 11 is 0. The van der Waals surface area contributed by atoms with Crippen molar-refractivity contribution in [1.29, 1.82) is 0 Å². The van der Waals surface area contributed by atoms with Crippen LogP contribution in [0.15, 0.2) is 18.2 Å². The molecule has 1 fully saturated rings. The summed E-state index contributed by atoms with van der Waals surface area (Å²) in [5, 5.41) is 0. The number of aryl methyl sites for hydroxylation is 1. The van der Waals surface area contributed by atoms with Gasteiger partial charge < -0.3 is 0 Å². The molecule has 0 atom stereocenters. The standard InChI is InChI=1S/C17H26/c1-13-10-11-15(12-16(13)17(2,3)4)14-8-6-5-7-9-14/h10-12,14H,5-9H2,1-4H3. The van der Waals surface area contributed by atoms with Gasteiger partial charge in [0.1, 0.15) is 0 Å². The molecule has 1 saturated carbocycles. The van der Waals surface area contributed by atoms with Crippen LogP contribution in [-0.2, 0) is 5.41 Å². The molecule has 0 spiro atoms. The Balaban J connectivity index is 2.30. The SMILES string of the molecule is Cc1ccc(C2CCCCC2)cc1C(C)(C)C. The van der Waals surface area contributed by atoms with E-state index in [4.69, 9.17) is 0 Å². The van der Waals surface area contributed by atoms with Crippen LogP contribution < -0.4 is 0 Å². The second-order valence-electron chi connectivity index (χ2n) is 6.66. The summed E-state index contributed by atoms with van der Waals surface area (Å²) in [7, 11) is 0. The smallest absolute Gasteiger partial charge is 0.0129 e. The van der Waals surface area contributed by atoms with Crippen molar-refractivity contribution in [2.24, 2.45) is 0 Å². The van der Waals surface area contributed by atoms with Gasteiger partial charge in [-0.1, -0.05) is 58.2 Å². The van der Waals surface area contributed by atoms with Crippen molar-refractivity contribution in [3.05, 3.63) is 34.9 Å². The second-order valence-corrected chi connectivity index (χ2v) is 6.66. The lowest BCUT2D eigenvalue weighted by atomic mass is 9.79. The summed E-state index contributed by atoms with van der Waals surface area (Å²) in [5.74, 6) is 0.824. The van der Waals surface area contributed by atoms with E-state index in [1.54, 1.807) is 5.56 Å².